The lowest BCUT2D eigenvalue weighted by Gasteiger charge is -2.00. The van der Waals surface area contributed by atoms with Crippen LogP contribution in [0.4, 0.5) is 0 Å². The van der Waals surface area contributed by atoms with Crippen molar-refractivity contribution >= 4 is 5.78 Å². The minimum absolute atomic E-state index is 0.0117. The molecule has 0 atom stereocenters. The fraction of sp³-hybridized carbons (Fsp3) is 0.250. The summed E-state index contributed by atoms with van der Waals surface area (Å²) in [4.78, 5) is 14.2. The molecular weight excluding hydrogens is 158 g/mol. The first-order valence-corrected chi connectivity index (χ1v) is 3.46. The van der Waals surface area contributed by atoms with Gasteiger partial charge in [0, 0.05) is 6.07 Å². The van der Waals surface area contributed by atoms with E-state index >= 15 is 0 Å². The Kier molecular flexibility index (Phi) is 2.63. The molecule has 0 aromatic carbocycles. The van der Waals surface area contributed by atoms with Crippen LogP contribution in [0.5, 0.6) is 11.6 Å². The van der Waals surface area contributed by atoms with E-state index in [0.29, 0.717) is 5.88 Å². The van der Waals surface area contributed by atoms with Gasteiger partial charge in [-0.1, -0.05) is 0 Å². The SMILES string of the molecule is CC(=O)COc1ccc(O)cn1. The molecule has 0 bridgehead atoms. The fourth-order valence-corrected chi connectivity index (χ4v) is 0.633. The van der Waals surface area contributed by atoms with Gasteiger partial charge in [0.25, 0.3) is 0 Å². The lowest BCUT2D eigenvalue weighted by atomic mass is 10.4. The van der Waals surface area contributed by atoms with E-state index in [-0.39, 0.29) is 18.1 Å². The molecule has 64 valence electrons. The van der Waals surface area contributed by atoms with E-state index in [4.69, 9.17) is 9.84 Å². The van der Waals surface area contributed by atoms with Gasteiger partial charge in [0.15, 0.2) is 5.78 Å². The van der Waals surface area contributed by atoms with Gasteiger partial charge in [0.2, 0.25) is 5.88 Å². The minimum atomic E-state index is -0.0649. The van der Waals surface area contributed by atoms with Gasteiger partial charge in [0.05, 0.1) is 6.20 Å². The van der Waals surface area contributed by atoms with Crippen LogP contribution in [-0.2, 0) is 4.79 Å². The van der Waals surface area contributed by atoms with Gasteiger partial charge in [-0.05, 0) is 13.0 Å². The lowest BCUT2D eigenvalue weighted by molar-refractivity contribution is -0.119. The van der Waals surface area contributed by atoms with E-state index in [1.54, 1.807) is 0 Å². The molecule has 1 heterocycles. The van der Waals surface area contributed by atoms with Crippen molar-refractivity contribution in [2.24, 2.45) is 0 Å². The van der Waals surface area contributed by atoms with E-state index < -0.39 is 0 Å². The maximum Gasteiger partial charge on any atom is 0.213 e. The van der Waals surface area contributed by atoms with Gasteiger partial charge in [-0.15, -0.1) is 0 Å². The highest BCUT2D eigenvalue weighted by atomic mass is 16.5. The third-order valence-corrected chi connectivity index (χ3v) is 1.14. The molecule has 12 heavy (non-hydrogen) atoms. The van der Waals surface area contributed by atoms with Crippen molar-refractivity contribution in [3.63, 3.8) is 0 Å². The van der Waals surface area contributed by atoms with Crippen molar-refractivity contribution in [3.05, 3.63) is 18.3 Å². The van der Waals surface area contributed by atoms with Crippen molar-refractivity contribution in [2.75, 3.05) is 6.61 Å². The van der Waals surface area contributed by atoms with E-state index in [0.717, 1.165) is 0 Å². The minimum Gasteiger partial charge on any atom is -0.506 e. The van der Waals surface area contributed by atoms with Crippen LogP contribution in [0, 0.1) is 0 Å². The zero-order valence-corrected chi connectivity index (χ0v) is 6.65. The third-order valence-electron chi connectivity index (χ3n) is 1.14. The summed E-state index contributed by atoms with van der Waals surface area (Å²) in [5, 5.41) is 8.85. The summed E-state index contributed by atoms with van der Waals surface area (Å²) in [6.45, 7) is 1.44. The molecule has 0 aliphatic heterocycles. The van der Waals surface area contributed by atoms with Gasteiger partial charge in [-0.3, -0.25) is 4.79 Å². The molecule has 0 radical (unpaired) electrons. The molecule has 1 N–H and O–H groups in total. The molecule has 0 unspecified atom stereocenters. The number of carbonyl (C=O) groups excluding carboxylic acids is 1. The Morgan fingerprint density at radius 1 is 1.67 bits per heavy atom. The number of aromatic nitrogens is 1. The average molecular weight is 167 g/mol. The predicted molar refractivity (Wildman–Crippen MR) is 42.1 cm³/mol. The van der Waals surface area contributed by atoms with E-state index in [9.17, 15) is 4.79 Å². The number of hydrogen-bond acceptors (Lipinski definition) is 4. The Bertz CT molecular complexity index is 268. The molecule has 4 heteroatoms. The highest BCUT2D eigenvalue weighted by Crippen LogP contribution is 2.11. The highest BCUT2D eigenvalue weighted by molar-refractivity contribution is 5.76. The molecule has 0 spiro atoms. The summed E-state index contributed by atoms with van der Waals surface area (Å²) in [5.74, 6) is 0.345. The average Bonchev–Trinajstić information content (AvgIpc) is 2.03. The van der Waals surface area contributed by atoms with Crippen molar-refractivity contribution in [3.8, 4) is 11.6 Å². The smallest absolute Gasteiger partial charge is 0.213 e. The predicted octanol–water partition coefficient (Wildman–Crippen LogP) is 0.755. The van der Waals surface area contributed by atoms with Crippen LogP contribution >= 0.6 is 0 Å². The van der Waals surface area contributed by atoms with Crippen LogP contribution in [0.25, 0.3) is 0 Å². The van der Waals surface area contributed by atoms with Crippen LogP contribution in [-0.4, -0.2) is 22.5 Å². The molecule has 0 aliphatic rings. The first-order valence-electron chi connectivity index (χ1n) is 3.46. The number of ketones is 1. The molecule has 0 saturated carbocycles. The van der Waals surface area contributed by atoms with Crippen molar-refractivity contribution < 1.29 is 14.6 Å². The number of aromatic hydroxyl groups is 1. The molecule has 4 nitrogen and oxygen atoms in total. The second-order valence-electron chi connectivity index (χ2n) is 2.35. The van der Waals surface area contributed by atoms with Crippen molar-refractivity contribution in [1.82, 2.24) is 4.98 Å². The number of pyridine rings is 1. The molecule has 0 aliphatic carbocycles. The summed E-state index contributed by atoms with van der Waals surface area (Å²) in [6.07, 6.45) is 1.26. The molecular formula is C8H9NO3. The van der Waals surface area contributed by atoms with Gasteiger partial charge in [-0.2, -0.15) is 0 Å². The van der Waals surface area contributed by atoms with Crippen LogP contribution in [0.1, 0.15) is 6.92 Å². The first kappa shape index (κ1) is 8.52. The van der Waals surface area contributed by atoms with E-state index in [1.807, 2.05) is 0 Å². The van der Waals surface area contributed by atoms with Crippen LogP contribution in [0.15, 0.2) is 18.3 Å². The zero-order valence-electron chi connectivity index (χ0n) is 6.65. The Balaban J connectivity index is 2.53. The topological polar surface area (TPSA) is 59.4 Å². The molecule has 0 saturated heterocycles. The number of ether oxygens (including phenoxy) is 1. The van der Waals surface area contributed by atoms with E-state index in [2.05, 4.69) is 4.98 Å². The van der Waals surface area contributed by atoms with Crippen LogP contribution in [0.3, 0.4) is 0 Å². The Labute approximate surface area is 69.8 Å². The van der Waals surface area contributed by atoms with Gasteiger partial charge in [-0.25, -0.2) is 4.98 Å². The highest BCUT2D eigenvalue weighted by Gasteiger charge is 1.97. The summed E-state index contributed by atoms with van der Waals surface area (Å²) < 4.78 is 4.95. The maximum absolute atomic E-state index is 10.5. The lowest BCUT2D eigenvalue weighted by Crippen LogP contribution is -2.07. The molecule has 0 amide bonds. The van der Waals surface area contributed by atoms with E-state index in [1.165, 1.54) is 25.3 Å². The largest absolute Gasteiger partial charge is 0.506 e. The Morgan fingerprint density at radius 2 is 2.42 bits per heavy atom. The summed E-state index contributed by atoms with van der Waals surface area (Å²) in [7, 11) is 0. The normalized spacial score (nSPS) is 9.42. The summed E-state index contributed by atoms with van der Waals surface area (Å²) >= 11 is 0. The standard InChI is InChI=1S/C8H9NO3/c1-6(10)5-12-8-3-2-7(11)4-9-8/h2-4,11H,5H2,1H3. The number of nitrogens with zero attached hydrogens (tertiary/aromatic N) is 1. The monoisotopic (exact) mass is 167 g/mol. The van der Waals surface area contributed by atoms with Crippen LogP contribution < -0.4 is 4.74 Å². The number of carbonyl (C=O) groups is 1. The second-order valence-corrected chi connectivity index (χ2v) is 2.35. The maximum atomic E-state index is 10.5. The first-order chi connectivity index (χ1) is 5.68. The number of Topliss-reactive ketones (excluding diaryl/α,β-unsaturated/α-hetero) is 1. The van der Waals surface area contributed by atoms with Crippen molar-refractivity contribution in [2.45, 2.75) is 6.92 Å². The van der Waals surface area contributed by atoms with Crippen molar-refractivity contribution in [1.29, 1.82) is 0 Å². The molecule has 1 rings (SSSR count). The Hall–Kier alpha value is -1.58. The third kappa shape index (κ3) is 2.57. The number of rotatable bonds is 3. The summed E-state index contributed by atoms with van der Waals surface area (Å²) in [6, 6.07) is 2.95. The number of hydrogen-bond donors (Lipinski definition) is 1. The molecule has 0 fully saturated rings. The van der Waals surface area contributed by atoms with Gasteiger partial charge in [0.1, 0.15) is 12.4 Å². The fourth-order valence-electron chi connectivity index (χ4n) is 0.633. The van der Waals surface area contributed by atoms with Gasteiger partial charge >= 0.3 is 0 Å². The Morgan fingerprint density at radius 3 is 2.92 bits per heavy atom. The second kappa shape index (κ2) is 3.71. The molecule has 1 aromatic heterocycles. The zero-order chi connectivity index (χ0) is 8.97. The quantitative estimate of drug-likeness (QED) is 0.721. The van der Waals surface area contributed by atoms with Crippen LogP contribution in [0.2, 0.25) is 0 Å². The summed E-state index contributed by atoms with van der Waals surface area (Å²) in [5.41, 5.74) is 0. The molecule has 1 aromatic rings. The van der Waals surface area contributed by atoms with Gasteiger partial charge < -0.3 is 9.84 Å².